The standard InChI is InChI=1S/C15H21N3OS/c1-5-7-11-13(6-2)20-15(16-11)17-14(19)12-9-8-10(3)18(12)4/h8-9H,5-7H2,1-4H3,(H,16,17,19). The minimum absolute atomic E-state index is 0.0972. The summed E-state index contributed by atoms with van der Waals surface area (Å²) in [5.74, 6) is -0.0972. The van der Waals surface area contributed by atoms with Gasteiger partial charge in [-0.1, -0.05) is 20.3 Å². The molecule has 0 atom stereocenters. The van der Waals surface area contributed by atoms with Gasteiger partial charge in [0, 0.05) is 17.6 Å². The third-order valence-corrected chi connectivity index (χ3v) is 4.57. The van der Waals surface area contributed by atoms with Gasteiger partial charge in [0.25, 0.3) is 5.91 Å². The summed E-state index contributed by atoms with van der Waals surface area (Å²) < 4.78 is 1.89. The van der Waals surface area contributed by atoms with Crippen molar-refractivity contribution in [1.82, 2.24) is 9.55 Å². The lowest BCUT2D eigenvalue weighted by Crippen LogP contribution is -2.15. The monoisotopic (exact) mass is 291 g/mol. The van der Waals surface area contributed by atoms with Gasteiger partial charge in [0.2, 0.25) is 0 Å². The summed E-state index contributed by atoms with van der Waals surface area (Å²) in [4.78, 5) is 18.1. The Hall–Kier alpha value is -1.62. The molecule has 4 nitrogen and oxygen atoms in total. The van der Waals surface area contributed by atoms with Crippen LogP contribution in [0.25, 0.3) is 0 Å². The van der Waals surface area contributed by atoms with Gasteiger partial charge in [-0.15, -0.1) is 11.3 Å². The molecule has 0 spiro atoms. The van der Waals surface area contributed by atoms with Crippen LogP contribution in [-0.2, 0) is 19.9 Å². The van der Waals surface area contributed by atoms with Crippen molar-refractivity contribution >= 4 is 22.4 Å². The highest BCUT2D eigenvalue weighted by Crippen LogP contribution is 2.25. The van der Waals surface area contributed by atoms with Crippen molar-refractivity contribution in [3.63, 3.8) is 0 Å². The molecule has 0 radical (unpaired) electrons. The van der Waals surface area contributed by atoms with E-state index in [4.69, 9.17) is 0 Å². The Bertz CT molecular complexity index is 613. The fourth-order valence-electron chi connectivity index (χ4n) is 2.15. The summed E-state index contributed by atoms with van der Waals surface area (Å²) in [6.45, 7) is 6.25. The van der Waals surface area contributed by atoms with Crippen molar-refractivity contribution in [1.29, 1.82) is 0 Å². The molecule has 2 aromatic heterocycles. The van der Waals surface area contributed by atoms with Crippen molar-refractivity contribution in [3.05, 3.63) is 34.1 Å². The normalized spacial score (nSPS) is 10.8. The van der Waals surface area contributed by atoms with Gasteiger partial charge in [-0.05, 0) is 31.9 Å². The number of aromatic nitrogens is 2. The molecule has 1 amide bonds. The highest BCUT2D eigenvalue weighted by Gasteiger charge is 2.15. The van der Waals surface area contributed by atoms with Gasteiger partial charge in [-0.25, -0.2) is 4.98 Å². The van der Waals surface area contributed by atoms with Crippen LogP contribution in [-0.4, -0.2) is 15.5 Å². The number of carbonyl (C=O) groups excluding carboxylic acids is 1. The molecule has 2 heterocycles. The lowest BCUT2D eigenvalue weighted by molar-refractivity contribution is 0.101. The van der Waals surface area contributed by atoms with E-state index in [0.29, 0.717) is 10.8 Å². The molecule has 0 saturated heterocycles. The van der Waals surface area contributed by atoms with Crippen LogP contribution in [0.4, 0.5) is 5.13 Å². The van der Waals surface area contributed by atoms with Gasteiger partial charge in [0.05, 0.1) is 5.69 Å². The number of hydrogen-bond donors (Lipinski definition) is 1. The number of amides is 1. The average molecular weight is 291 g/mol. The molecular formula is C15H21N3OS. The first kappa shape index (κ1) is 14.8. The molecule has 0 aromatic carbocycles. The SMILES string of the molecule is CCCc1nc(NC(=O)c2ccc(C)n2C)sc1CC. The smallest absolute Gasteiger partial charge is 0.274 e. The second-order valence-electron chi connectivity index (χ2n) is 4.87. The average Bonchev–Trinajstić information content (AvgIpc) is 2.95. The maximum absolute atomic E-state index is 12.2. The second-order valence-corrected chi connectivity index (χ2v) is 5.95. The Morgan fingerprint density at radius 2 is 2.15 bits per heavy atom. The fourth-order valence-corrected chi connectivity index (χ4v) is 3.09. The fraction of sp³-hybridized carbons (Fsp3) is 0.467. The number of nitrogens with zero attached hydrogens (tertiary/aromatic N) is 2. The summed E-state index contributed by atoms with van der Waals surface area (Å²) in [5, 5.41) is 3.62. The van der Waals surface area contributed by atoms with Crippen molar-refractivity contribution in [2.75, 3.05) is 5.32 Å². The van der Waals surface area contributed by atoms with Gasteiger partial charge in [-0.2, -0.15) is 0 Å². The summed E-state index contributed by atoms with van der Waals surface area (Å²) in [5.41, 5.74) is 2.85. The number of nitrogens with one attached hydrogen (secondary N) is 1. The predicted molar refractivity (Wildman–Crippen MR) is 83.6 cm³/mol. The molecule has 0 fully saturated rings. The van der Waals surface area contributed by atoms with E-state index >= 15 is 0 Å². The van der Waals surface area contributed by atoms with Gasteiger partial charge >= 0.3 is 0 Å². The Balaban J connectivity index is 2.17. The highest BCUT2D eigenvalue weighted by atomic mass is 32.1. The molecule has 0 aliphatic heterocycles. The predicted octanol–water partition coefficient (Wildman–Crippen LogP) is 3.56. The molecule has 0 bridgehead atoms. The number of rotatable bonds is 5. The van der Waals surface area contributed by atoms with Crippen molar-refractivity contribution in [2.45, 2.75) is 40.0 Å². The largest absolute Gasteiger partial charge is 0.344 e. The molecule has 1 N–H and O–H groups in total. The van der Waals surface area contributed by atoms with Gasteiger partial charge < -0.3 is 4.57 Å². The van der Waals surface area contributed by atoms with E-state index in [1.165, 1.54) is 4.88 Å². The van der Waals surface area contributed by atoms with Crippen molar-refractivity contribution < 1.29 is 4.79 Å². The van der Waals surface area contributed by atoms with E-state index in [9.17, 15) is 4.79 Å². The number of thiazole rings is 1. The summed E-state index contributed by atoms with van der Waals surface area (Å²) in [7, 11) is 1.89. The molecule has 20 heavy (non-hydrogen) atoms. The Morgan fingerprint density at radius 1 is 1.40 bits per heavy atom. The number of anilines is 1. The quantitative estimate of drug-likeness (QED) is 0.915. The van der Waals surface area contributed by atoms with Crippen LogP contribution in [0.2, 0.25) is 0 Å². The molecule has 108 valence electrons. The Morgan fingerprint density at radius 3 is 2.70 bits per heavy atom. The molecular weight excluding hydrogens is 270 g/mol. The lowest BCUT2D eigenvalue weighted by Gasteiger charge is -2.04. The van der Waals surface area contributed by atoms with E-state index in [-0.39, 0.29) is 5.91 Å². The minimum Gasteiger partial charge on any atom is -0.344 e. The van der Waals surface area contributed by atoms with Crippen LogP contribution in [0.5, 0.6) is 0 Å². The van der Waals surface area contributed by atoms with E-state index in [2.05, 4.69) is 24.1 Å². The van der Waals surface area contributed by atoms with E-state index < -0.39 is 0 Å². The van der Waals surface area contributed by atoms with Crippen LogP contribution < -0.4 is 5.32 Å². The van der Waals surface area contributed by atoms with Crippen LogP contribution in [0.1, 0.15) is 47.0 Å². The zero-order valence-electron chi connectivity index (χ0n) is 12.5. The third kappa shape index (κ3) is 2.93. The molecule has 5 heteroatoms. The first-order chi connectivity index (χ1) is 9.56. The minimum atomic E-state index is -0.0972. The lowest BCUT2D eigenvalue weighted by atomic mass is 10.2. The number of aryl methyl sites for hydroxylation is 3. The van der Waals surface area contributed by atoms with Gasteiger partial charge in [-0.3, -0.25) is 10.1 Å². The highest BCUT2D eigenvalue weighted by molar-refractivity contribution is 7.15. The van der Waals surface area contributed by atoms with E-state index in [1.54, 1.807) is 11.3 Å². The molecule has 0 aliphatic carbocycles. The van der Waals surface area contributed by atoms with Crippen molar-refractivity contribution in [3.8, 4) is 0 Å². The molecule has 2 aromatic rings. The molecule has 0 unspecified atom stereocenters. The summed E-state index contributed by atoms with van der Waals surface area (Å²) in [6, 6.07) is 3.78. The zero-order valence-corrected chi connectivity index (χ0v) is 13.3. The van der Waals surface area contributed by atoms with Crippen LogP contribution in [0.3, 0.4) is 0 Å². The van der Waals surface area contributed by atoms with Crippen molar-refractivity contribution in [2.24, 2.45) is 7.05 Å². The van der Waals surface area contributed by atoms with E-state index in [1.807, 2.05) is 30.7 Å². The summed E-state index contributed by atoms with van der Waals surface area (Å²) in [6.07, 6.45) is 3.01. The van der Waals surface area contributed by atoms with Gasteiger partial charge in [0.15, 0.2) is 5.13 Å². The van der Waals surface area contributed by atoms with Crippen LogP contribution in [0, 0.1) is 6.92 Å². The Kier molecular flexibility index (Phi) is 4.60. The summed E-state index contributed by atoms with van der Waals surface area (Å²) >= 11 is 1.58. The van der Waals surface area contributed by atoms with Crippen LogP contribution >= 0.6 is 11.3 Å². The topological polar surface area (TPSA) is 46.9 Å². The van der Waals surface area contributed by atoms with Gasteiger partial charge in [0.1, 0.15) is 5.69 Å². The number of carbonyl (C=O) groups is 1. The number of hydrogen-bond acceptors (Lipinski definition) is 3. The maximum atomic E-state index is 12.2. The zero-order chi connectivity index (χ0) is 14.7. The first-order valence-electron chi connectivity index (χ1n) is 6.99. The Labute approximate surface area is 123 Å². The molecule has 0 aliphatic rings. The molecule has 0 saturated carbocycles. The molecule has 2 rings (SSSR count). The first-order valence-corrected chi connectivity index (χ1v) is 7.80. The third-order valence-electron chi connectivity index (χ3n) is 3.41. The maximum Gasteiger partial charge on any atom is 0.274 e. The van der Waals surface area contributed by atoms with Crippen LogP contribution in [0.15, 0.2) is 12.1 Å². The van der Waals surface area contributed by atoms with E-state index in [0.717, 1.165) is 30.7 Å². The second kappa shape index (κ2) is 6.22.